The fourth-order valence-corrected chi connectivity index (χ4v) is 3.07. The number of rotatable bonds is 3. The van der Waals surface area contributed by atoms with Crippen molar-refractivity contribution < 1.29 is 4.79 Å². The van der Waals surface area contributed by atoms with E-state index in [1.165, 1.54) is 5.56 Å². The van der Waals surface area contributed by atoms with E-state index in [4.69, 9.17) is 10.7 Å². The van der Waals surface area contributed by atoms with Crippen LogP contribution in [0.15, 0.2) is 6.07 Å². The van der Waals surface area contributed by atoms with E-state index >= 15 is 0 Å². The molecule has 1 saturated heterocycles. The Kier molecular flexibility index (Phi) is 3.14. The third-order valence-corrected chi connectivity index (χ3v) is 4.19. The molecule has 1 aliphatic heterocycles. The minimum absolute atomic E-state index is 0.370. The van der Waals surface area contributed by atoms with Crippen LogP contribution in [0.2, 0.25) is 0 Å². The van der Waals surface area contributed by atoms with Gasteiger partial charge in [0.25, 0.3) is 5.91 Å². The molecular weight excluding hydrogens is 240 g/mol. The number of anilines is 1. The molecule has 0 aromatic carbocycles. The fraction of sp³-hybridized carbons (Fsp3) is 0.571. The maximum atomic E-state index is 11.7. The minimum Gasteiger partial charge on any atom is -0.365 e. The lowest BCUT2D eigenvalue weighted by Gasteiger charge is -2.21. The third-order valence-electron chi connectivity index (χ3n) is 4.19. The van der Waals surface area contributed by atoms with Gasteiger partial charge in [0, 0.05) is 24.8 Å². The summed E-state index contributed by atoms with van der Waals surface area (Å²) >= 11 is 0. The summed E-state index contributed by atoms with van der Waals surface area (Å²) in [7, 11) is 1.97. The normalized spacial score (nSPS) is 21.7. The maximum absolute atomic E-state index is 11.7. The number of aromatic nitrogens is 1. The van der Waals surface area contributed by atoms with Crippen LogP contribution in [0.1, 0.15) is 34.5 Å². The van der Waals surface area contributed by atoms with Gasteiger partial charge in [0.15, 0.2) is 0 Å². The first-order chi connectivity index (χ1) is 9.19. The van der Waals surface area contributed by atoms with E-state index < -0.39 is 0 Å². The van der Waals surface area contributed by atoms with Crippen molar-refractivity contribution in [2.75, 3.05) is 25.0 Å². The van der Waals surface area contributed by atoms with Crippen LogP contribution in [0.4, 0.5) is 5.82 Å². The molecule has 2 aliphatic rings. The van der Waals surface area contributed by atoms with Crippen LogP contribution in [-0.2, 0) is 12.8 Å². The van der Waals surface area contributed by atoms with Gasteiger partial charge in [-0.2, -0.15) is 0 Å². The molecule has 5 nitrogen and oxygen atoms in total. The first-order valence-corrected chi connectivity index (χ1v) is 6.94. The molecule has 1 unspecified atom stereocenters. The molecule has 5 heteroatoms. The predicted octanol–water partition coefficient (Wildman–Crippen LogP) is 0.467. The summed E-state index contributed by atoms with van der Waals surface area (Å²) in [5.41, 5.74) is 8.45. The largest absolute Gasteiger partial charge is 0.365 e. The maximum Gasteiger partial charge on any atom is 0.252 e. The van der Waals surface area contributed by atoms with Gasteiger partial charge >= 0.3 is 0 Å². The molecule has 0 bridgehead atoms. The van der Waals surface area contributed by atoms with Gasteiger partial charge in [-0.3, -0.25) is 4.79 Å². The van der Waals surface area contributed by atoms with Crippen molar-refractivity contribution in [2.45, 2.75) is 31.7 Å². The molecule has 1 aliphatic carbocycles. The molecule has 102 valence electrons. The summed E-state index contributed by atoms with van der Waals surface area (Å²) in [5, 5.41) is 3.28. The van der Waals surface area contributed by atoms with E-state index in [9.17, 15) is 4.79 Å². The van der Waals surface area contributed by atoms with Gasteiger partial charge in [0.1, 0.15) is 5.82 Å². The standard InChI is InChI=1S/C14H20N4O/c1-16-10-5-6-18(8-10)14-11(13(15)19)7-9-3-2-4-12(9)17-14/h7,10,16H,2-6,8H2,1H3,(H2,15,19). The number of nitrogens with zero attached hydrogens (tertiary/aromatic N) is 2. The second-order valence-electron chi connectivity index (χ2n) is 5.40. The Morgan fingerprint density at radius 3 is 3.05 bits per heavy atom. The quantitative estimate of drug-likeness (QED) is 0.828. The lowest BCUT2D eigenvalue weighted by atomic mass is 10.1. The van der Waals surface area contributed by atoms with E-state index in [1.807, 2.05) is 13.1 Å². The van der Waals surface area contributed by atoms with E-state index in [0.29, 0.717) is 11.6 Å². The van der Waals surface area contributed by atoms with Gasteiger partial charge in [-0.05, 0) is 44.4 Å². The van der Waals surface area contributed by atoms with Gasteiger partial charge < -0.3 is 16.0 Å². The topological polar surface area (TPSA) is 71.2 Å². The highest BCUT2D eigenvalue weighted by Crippen LogP contribution is 2.29. The molecule has 19 heavy (non-hydrogen) atoms. The van der Waals surface area contributed by atoms with Crippen molar-refractivity contribution in [1.82, 2.24) is 10.3 Å². The van der Waals surface area contributed by atoms with Crippen molar-refractivity contribution >= 4 is 11.7 Å². The molecule has 1 amide bonds. The molecule has 1 atom stereocenters. The number of nitrogens with two attached hydrogens (primary N) is 1. The first kappa shape index (κ1) is 12.4. The van der Waals surface area contributed by atoms with E-state index in [-0.39, 0.29) is 5.91 Å². The summed E-state index contributed by atoms with van der Waals surface area (Å²) in [4.78, 5) is 18.6. The highest BCUT2D eigenvalue weighted by Gasteiger charge is 2.27. The second kappa shape index (κ2) is 4.81. The van der Waals surface area contributed by atoms with Gasteiger partial charge in [-0.15, -0.1) is 0 Å². The van der Waals surface area contributed by atoms with Crippen molar-refractivity contribution in [3.8, 4) is 0 Å². The van der Waals surface area contributed by atoms with E-state index in [2.05, 4.69) is 10.2 Å². The van der Waals surface area contributed by atoms with Crippen LogP contribution < -0.4 is 16.0 Å². The average molecular weight is 260 g/mol. The molecule has 3 rings (SSSR count). The van der Waals surface area contributed by atoms with Crippen LogP contribution in [0.25, 0.3) is 0 Å². The summed E-state index contributed by atoms with van der Waals surface area (Å²) in [6.07, 6.45) is 4.24. The lowest BCUT2D eigenvalue weighted by molar-refractivity contribution is 0.100. The highest BCUT2D eigenvalue weighted by atomic mass is 16.1. The summed E-state index contributed by atoms with van der Waals surface area (Å²) in [6.45, 7) is 1.82. The molecule has 1 aromatic rings. The smallest absolute Gasteiger partial charge is 0.252 e. The molecule has 0 saturated carbocycles. The summed E-state index contributed by atoms with van der Waals surface area (Å²) in [5.74, 6) is 0.413. The highest BCUT2D eigenvalue weighted by molar-refractivity contribution is 5.98. The number of pyridine rings is 1. The average Bonchev–Trinajstić information content (AvgIpc) is 3.05. The Morgan fingerprint density at radius 2 is 2.37 bits per heavy atom. The fourth-order valence-electron chi connectivity index (χ4n) is 3.07. The number of hydrogen-bond donors (Lipinski definition) is 2. The van der Waals surface area contributed by atoms with Gasteiger partial charge in [-0.1, -0.05) is 0 Å². The van der Waals surface area contributed by atoms with Crippen molar-refractivity contribution in [3.63, 3.8) is 0 Å². The van der Waals surface area contributed by atoms with Gasteiger partial charge in [-0.25, -0.2) is 4.98 Å². The molecule has 1 aromatic heterocycles. The van der Waals surface area contributed by atoms with Gasteiger partial charge in [0.05, 0.1) is 5.56 Å². The second-order valence-corrected chi connectivity index (χ2v) is 5.40. The van der Waals surface area contributed by atoms with Crippen LogP contribution in [0.3, 0.4) is 0 Å². The molecule has 3 N–H and O–H groups in total. The Hall–Kier alpha value is -1.62. The third kappa shape index (κ3) is 2.18. The number of carbonyl (C=O) groups excluding carboxylic acids is 1. The molecule has 1 fully saturated rings. The number of nitrogens with one attached hydrogen (secondary N) is 1. The number of primary amides is 1. The first-order valence-electron chi connectivity index (χ1n) is 6.94. The van der Waals surface area contributed by atoms with Gasteiger partial charge in [0.2, 0.25) is 0 Å². The zero-order valence-electron chi connectivity index (χ0n) is 11.3. The SMILES string of the molecule is CNC1CCN(c2nc3c(cc2C(N)=O)CCC3)C1. The minimum atomic E-state index is -0.370. The number of hydrogen-bond acceptors (Lipinski definition) is 4. The van der Waals surface area contributed by atoms with Crippen LogP contribution in [0.5, 0.6) is 0 Å². The van der Waals surface area contributed by atoms with Crippen LogP contribution in [0, 0.1) is 0 Å². The Balaban J connectivity index is 1.98. The van der Waals surface area contributed by atoms with Crippen molar-refractivity contribution in [2.24, 2.45) is 5.73 Å². The van der Waals surface area contributed by atoms with Crippen molar-refractivity contribution in [3.05, 3.63) is 22.9 Å². The molecular formula is C14H20N4O. The van der Waals surface area contributed by atoms with E-state index in [1.54, 1.807) is 0 Å². The molecule has 2 heterocycles. The van der Waals surface area contributed by atoms with E-state index in [0.717, 1.165) is 50.3 Å². The number of likely N-dealkylation sites (N-methyl/N-ethyl adjacent to an activating group) is 1. The summed E-state index contributed by atoms with van der Waals surface area (Å²) in [6, 6.07) is 2.43. The van der Waals surface area contributed by atoms with Crippen molar-refractivity contribution in [1.29, 1.82) is 0 Å². The zero-order chi connectivity index (χ0) is 13.4. The Bertz CT molecular complexity index is 514. The lowest BCUT2D eigenvalue weighted by Crippen LogP contribution is -2.31. The number of fused-ring (bicyclic) bond motifs is 1. The Labute approximate surface area is 113 Å². The van der Waals surface area contributed by atoms with Crippen LogP contribution >= 0.6 is 0 Å². The Morgan fingerprint density at radius 1 is 1.53 bits per heavy atom. The number of aryl methyl sites for hydroxylation is 2. The monoisotopic (exact) mass is 260 g/mol. The number of carbonyl (C=O) groups is 1. The number of amides is 1. The molecule has 0 spiro atoms. The predicted molar refractivity (Wildman–Crippen MR) is 74.5 cm³/mol. The van der Waals surface area contributed by atoms with Crippen LogP contribution in [-0.4, -0.2) is 37.1 Å². The zero-order valence-corrected chi connectivity index (χ0v) is 11.3. The summed E-state index contributed by atoms with van der Waals surface area (Å²) < 4.78 is 0. The molecule has 0 radical (unpaired) electrons.